The summed E-state index contributed by atoms with van der Waals surface area (Å²) in [5.74, 6) is -0.144. The summed E-state index contributed by atoms with van der Waals surface area (Å²) in [5.41, 5.74) is 1.83. The highest BCUT2D eigenvalue weighted by atomic mass is 16.6. The monoisotopic (exact) mass is 313 g/mol. The highest BCUT2D eigenvalue weighted by Gasteiger charge is 2.48. The van der Waals surface area contributed by atoms with Crippen molar-refractivity contribution in [2.24, 2.45) is 5.41 Å². The Labute approximate surface area is 131 Å². The number of aromatic nitrogens is 3. The Balaban J connectivity index is 1.84. The van der Waals surface area contributed by atoms with Gasteiger partial charge < -0.3 is 9.88 Å². The minimum absolute atomic E-state index is 0.0443. The number of benzene rings is 1. The molecule has 0 spiro atoms. The summed E-state index contributed by atoms with van der Waals surface area (Å²) in [4.78, 5) is 21.5. The second-order valence-electron chi connectivity index (χ2n) is 6.77. The Morgan fingerprint density at radius 3 is 3.00 bits per heavy atom. The van der Waals surface area contributed by atoms with Crippen LogP contribution in [0.25, 0.3) is 0 Å². The minimum atomic E-state index is -1.08. The third-order valence-electron chi connectivity index (χ3n) is 4.79. The van der Waals surface area contributed by atoms with Crippen molar-refractivity contribution in [3.05, 3.63) is 51.6 Å². The summed E-state index contributed by atoms with van der Waals surface area (Å²) >= 11 is 0. The van der Waals surface area contributed by atoms with Gasteiger partial charge in [-0.2, -0.15) is 0 Å². The van der Waals surface area contributed by atoms with E-state index >= 15 is 0 Å². The molecule has 3 heterocycles. The van der Waals surface area contributed by atoms with Crippen molar-refractivity contribution >= 4 is 11.6 Å². The molecule has 2 aromatic rings. The number of hydrogen-bond donors (Lipinski definition) is 1. The van der Waals surface area contributed by atoms with Gasteiger partial charge in [-0.05, 0) is 29.2 Å². The lowest BCUT2D eigenvalue weighted by Gasteiger charge is -2.40. The van der Waals surface area contributed by atoms with Crippen LogP contribution in [0, 0.1) is 15.5 Å². The Hall–Kier alpha value is -2.77. The quantitative estimate of drug-likeness (QED) is 0.638. The van der Waals surface area contributed by atoms with Crippen LogP contribution in [0.5, 0.6) is 0 Å². The fraction of sp³-hybridized carbons (Fsp3) is 0.400. The molecule has 4 rings (SSSR count). The first-order valence-corrected chi connectivity index (χ1v) is 7.35. The maximum atomic E-state index is 11.7. The smallest absolute Gasteiger partial charge is 0.374 e. The minimum Gasteiger partial charge on any atom is -0.374 e. The molecule has 0 aliphatic carbocycles. The Kier molecular flexibility index (Phi) is 2.64. The van der Waals surface area contributed by atoms with Crippen LogP contribution in [0.3, 0.4) is 0 Å². The molecule has 8 heteroatoms. The van der Waals surface area contributed by atoms with Crippen molar-refractivity contribution in [1.29, 1.82) is 0 Å². The second kappa shape index (κ2) is 4.37. The topological polar surface area (TPSA) is 103 Å². The summed E-state index contributed by atoms with van der Waals surface area (Å²) in [7, 11) is 0. The molecule has 118 valence electrons. The maximum absolute atomic E-state index is 11.7. The number of hydrogen-bond acceptors (Lipinski definition) is 6. The van der Waals surface area contributed by atoms with Crippen LogP contribution in [-0.4, -0.2) is 25.6 Å². The molecule has 0 saturated heterocycles. The molecular weight excluding hydrogens is 298 g/mol. The zero-order chi connectivity index (χ0) is 16.4. The number of nitrogens with zero attached hydrogens (tertiary/aromatic N) is 4. The molecule has 2 aliphatic rings. The third-order valence-corrected chi connectivity index (χ3v) is 4.79. The van der Waals surface area contributed by atoms with E-state index in [0.29, 0.717) is 0 Å². The van der Waals surface area contributed by atoms with Crippen LogP contribution in [0.15, 0.2) is 24.5 Å². The Bertz CT molecular complexity index is 841. The Morgan fingerprint density at radius 1 is 1.48 bits per heavy atom. The highest BCUT2D eigenvalue weighted by Crippen LogP contribution is 2.55. The summed E-state index contributed by atoms with van der Waals surface area (Å²) in [5, 5.41) is 22.4. The fourth-order valence-corrected chi connectivity index (χ4v) is 3.87. The van der Waals surface area contributed by atoms with E-state index in [1.165, 1.54) is 6.07 Å². The van der Waals surface area contributed by atoms with Crippen LogP contribution in [0.1, 0.15) is 47.6 Å². The molecule has 1 N–H and O–H groups in total. The normalized spacial score (nSPS) is 23.4. The largest absolute Gasteiger partial charge is 0.476 e. The van der Waals surface area contributed by atoms with Crippen molar-refractivity contribution in [2.75, 3.05) is 5.32 Å². The predicted octanol–water partition coefficient (Wildman–Crippen LogP) is 1.99. The molecule has 2 atom stereocenters. The molecule has 0 fully saturated rings. The molecule has 8 nitrogen and oxygen atoms in total. The second-order valence-corrected chi connectivity index (χ2v) is 6.77. The van der Waals surface area contributed by atoms with Crippen molar-refractivity contribution in [2.45, 2.75) is 32.4 Å². The average molecular weight is 313 g/mol. The van der Waals surface area contributed by atoms with Gasteiger partial charge in [-0.15, -0.1) is 10.2 Å². The van der Waals surface area contributed by atoms with E-state index in [1.54, 1.807) is 18.5 Å². The first kappa shape index (κ1) is 13.9. The first-order chi connectivity index (χ1) is 10.9. The van der Waals surface area contributed by atoms with Gasteiger partial charge in [-0.25, -0.2) is 4.79 Å². The zero-order valence-corrected chi connectivity index (χ0v) is 12.7. The lowest BCUT2D eigenvalue weighted by molar-refractivity contribution is -0.375. The number of nitro groups is 1. The van der Waals surface area contributed by atoms with E-state index in [9.17, 15) is 14.9 Å². The highest BCUT2D eigenvalue weighted by molar-refractivity contribution is 5.89. The van der Waals surface area contributed by atoms with E-state index in [2.05, 4.69) is 29.4 Å². The molecule has 0 saturated carbocycles. The van der Waals surface area contributed by atoms with E-state index in [0.717, 1.165) is 23.6 Å². The average Bonchev–Trinajstić information content (AvgIpc) is 3.08. The van der Waals surface area contributed by atoms with Crippen LogP contribution in [-0.2, 0) is 6.54 Å². The van der Waals surface area contributed by atoms with Gasteiger partial charge in [0.2, 0.25) is 0 Å². The van der Waals surface area contributed by atoms with Gasteiger partial charge in [0, 0.05) is 18.2 Å². The Morgan fingerprint density at radius 2 is 2.26 bits per heavy atom. The number of amides is 1. The molecule has 1 aromatic heterocycles. The molecule has 0 radical (unpaired) electrons. The molecule has 2 unspecified atom stereocenters. The number of anilines is 1. The molecule has 2 aliphatic heterocycles. The third kappa shape index (κ3) is 1.87. The molecule has 23 heavy (non-hydrogen) atoms. The standard InChI is InChI=1S/C15H15N5O3/c1-15(2)6-19-7-16-18-13(19)12-11(15)9-5-8(14(21)20(22)23)3-4-10(9)17-12/h3-5,7,11-12,17H,6H2,1-2H3. The van der Waals surface area contributed by atoms with Crippen molar-refractivity contribution in [3.8, 4) is 0 Å². The van der Waals surface area contributed by atoms with E-state index < -0.39 is 10.8 Å². The van der Waals surface area contributed by atoms with E-state index in [1.807, 2.05) is 4.57 Å². The van der Waals surface area contributed by atoms with Crippen molar-refractivity contribution in [3.63, 3.8) is 0 Å². The number of rotatable bonds is 1. The van der Waals surface area contributed by atoms with Crippen LogP contribution < -0.4 is 5.32 Å². The van der Waals surface area contributed by atoms with Gasteiger partial charge in [-0.3, -0.25) is 10.1 Å². The van der Waals surface area contributed by atoms with Gasteiger partial charge in [0.1, 0.15) is 11.3 Å². The lowest BCUT2D eigenvalue weighted by atomic mass is 9.70. The molecule has 1 aromatic carbocycles. The van der Waals surface area contributed by atoms with Gasteiger partial charge >= 0.3 is 5.91 Å². The maximum Gasteiger partial charge on any atom is 0.476 e. The molecule has 1 amide bonds. The summed E-state index contributed by atoms with van der Waals surface area (Å²) in [6.07, 6.45) is 1.72. The molecule has 0 bridgehead atoms. The fourth-order valence-electron chi connectivity index (χ4n) is 3.87. The van der Waals surface area contributed by atoms with Gasteiger partial charge in [0.05, 0.1) is 11.6 Å². The first-order valence-electron chi connectivity index (χ1n) is 7.35. The zero-order valence-electron chi connectivity index (χ0n) is 12.7. The van der Waals surface area contributed by atoms with Crippen LogP contribution in [0.2, 0.25) is 0 Å². The summed E-state index contributed by atoms with van der Waals surface area (Å²) < 4.78 is 2.03. The molecular formula is C15H15N5O3. The van der Waals surface area contributed by atoms with Crippen LogP contribution in [0.4, 0.5) is 5.69 Å². The number of carbonyl (C=O) groups excluding carboxylic acids is 1. The number of carbonyl (C=O) groups is 1. The SMILES string of the molecule is CC1(C)Cn2cnnc2C2Nc3ccc(C(=O)[N+](=O)[O-])cc3C21. The number of nitrogens with one attached hydrogen (secondary N) is 1. The van der Waals surface area contributed by atoms with Gasteiger partial charge in [0.15, 0.2) is 5.82 Å². The lowest BCUT2D eigenvalue weighted by Crippen LogP contribution is -2.37. The van der Waals surface area contributed by atoms with Gasteiger partial charge in [0.25, 0.3) is 0 Å². The summed E-state index contributed by atoms with van der Waals surface area (Å²) in [6.45, 7) is 5.05. The van der Waals surface area contributed by atoms with E-state index in [-0.39, 0.29) is 22.9 Å². The number of fused-ring (bicyclic) bond motifs is 5. The van der Waals surface area contributed by atoms with Gasteiger partial charge in [-0.1, -0.05) is 13.8 Å². The summed E-state index contributed by atoms with van der Waals surface area (Å²) in [6, 6.07) is 4.83. The van der Waals surface area contributed by atoms with Crippen molar-refractivity contribution < 1.29 is 9.72 Å². The van der Waals surface area contributed by atoms with E-state index in [4.69, 9.17) is 0 Å². The van der Waals surface area contributed by atoms with Crippen molar-refractivity contribution in [1.82, 2.24) is 14.8 Å². The predicted molar refractivity (Wildman–Crippen MR) is 80.7 cm³/mol. The van der Waals surface area contributed by atoms with Crippen LogP contribution >= 0.6 is 0 Å².